The van der Waals surface area contributed by atoms with Gasteiger partial charge in [0, 0.05) is 53.5 Å². The Morgan fingerprint density at radius 3 is 1.88 bits per heavy atom. The lowest BCUT2D eigenvalue weighted by atomic mass is 10.1. The predicted octanol–water partition coefficient (Wildman–Crippen LogP) is 7.24. The lowest BCUT2D eigenvalue weighted by molar-refractivity contribution is 0.0944. The van der Waals surface area contributed by atoms with Gasteiger partial charge in [-0.1, -0.05) is 23.2 Å². The van der Waals surface area contributed by atoms with Crippen LogP contribution in [0.2, 0.25) is 10.0 Å². The molecule has 0 atom stereocenters. The Balaban J connectivity index is 0.000000230. The molecule has 6 N–H and O–H groups in total. The molecule has 0 radical (unpaired) electrons. The summed E-state index contributed by atoms with van der Waals surface area (Å²) in [5.41, 5.74) is 13.2. The quantitative estimate of drug-likeness (QED) is 0.138. The fourth-order valence-corrected chi connectivity index (χ4v) is 4.52. The van der Waals surface area contributed by atoms with E-state index in [1.807, 2.05) is 13.8 Å². The minimum atomic E-state index is -0.276. The molecule has 0 unspecified atom stereocenters. The van der Waals surface area contributed by atoms with Crippen LogP contribution in [0.3, 0.4) is 0 Å². The topological polar surface area (TPSA) is 154 Å². The number of aromatic nitrogens is 2. The fraction of sp³-hybridized carbons (Fsp3) is 0.143. The zero-order valence-corrected chi connectivity index (χ0v) is 27.1. The lowest BCUT2D eigenvalue weighted by Gasteiger charge is -2.14. The smallest absolute Gasteiger partial charge is 0.256 e. The monoisotopic (exact) mass is 738 g/mol. The van der Waals surface area contributed by atoms with E-state index in [4.69, 9.17) is 44.1 Å². The number of nitrogens with zero attached hydrogens (tertiary/aromatic N) is 2. The van der Waals surface area contributed by atoms with E-state index >= 15 is 0 Å². The molecule has 4 rings (SSSR count). The van der Waals surface area contributed by atoms with Crippen molar-refractivity contribution in [3.63, 3.8) is 0 Å². The summed E-state index contributed by atoms with van der Waals surface area (Å²) in [4.78, 5) is 32.1. The highest BCUT2D eigenvalue weighted by Crippen LogP contribution is 2.35. The highest BCUT2D eigenvalue weighted by Gasteiger charge is 2.19. The van der Waals surface area contributed by atoms with Crippen LogP contribution >= 0.6 is 55.1 Å². The molecule has 0 spiro atoms. The molecule has 14 heteroatoms. The number of anilines is 2. The first-order valence-corrected chi connectivity index (χ1v) is 14.7. The Morgan fingerprint density at radius 1 is 0.786 bits per heavy atom. The Morgan fingerprint density at radius 2 is 1.33 bits per heavy atom. The van der Waals surface area contributed by atoms with Crippen LogP contribution in [0.4, 0.5) is 11.4 Å². The van der Waals surface area contributed by atoms with Gasteiger partial charge in [0.05, 0.1) is 38.0 Å². The zero-order valence-electron chi connectivity index (χ0n) is 22.4. The van der Waals surface area contributed by atoms with Crippen molar-refractivity contribution < 1.29 is 19.1 Å². The number of carbonyl (C=O) groups excluding carboxylic acids is 2. The third kappa shape index (κ3) is 8.96. The minimum absolute atomic E-state index is 0.262. The molecular weight excluding hydrogens is 715 g/mol. The first-order valence-electron chi connectivity index (χ1n) is 12.3. The Labute approximate surface area is 269 Å². The van der Waals surface area contributed by atoms with Crippen LogP contribution in [0.5, 0.6) is 23.0 Å². The molecule has 0 aliphatic heterocycles. The van der Waals surface area contributed by atoms with Crippen LogP contribution in [-0.4, -0.2) is 34.9 Å². The van der Waals surface area contributed by atoms with Crippen LogP contribution in [-0.2, 0) is 0 Å². The summed E-state index contributed by atoms with van der Waals surface area (Å²) in [7, 11) is 0. The second-order valence-corrected chi connectivity index (χ2v) is 10.8. The van der Waals surface area contributed by atoms with Gasteiger partial charge in [0.1, 0.15) is 23.0 Å². The van der Waals surface area contributed by atoms with Crippen molar-refractivity contribution in [1.82, 2.24) is 20.6 Å². The Bertz CT molecular complexity index is 1550. The number of halogens is 4. The van der Waals surface area contributed by atoms with E-state index < -0.39 is 0 Å². The van der Waals surface area contributed by atoms with Crippen molar-refractivity contribution in [2.45, 2.75) is 13.8 Å². The van der Waals surface area contributed by atoms with Gasteiger partial charge >= 0.3 is 0 Å². The SMILES string of the molecule is CCNC(=O)c1c(Oc2cncc(Cl)c2)ccc(N)c1Br.CCNC(=O)c1cc(N)c(Br)cc1Oc1cncc(Cl)c1. The average Bonchev–Trinajstić information content (AvgIpc) is 2.93. The van der Waals surface area contributed by atoms with Gasteiger partial charge < -0.3 is 31.6 Å². The van der Waals surface area contributed by atoms with Gasteiger partial charge in [0.25, 0.3) is 11.8 Å². The maximum absolute atomic E-state index is 12.2. The highest BCUT2D eigenvalue weighted by atomic mass is 79.9. The number of hydrogen-bond acceptors (Lipinski definition) is 8. The normalized spacial score (nSPS) is 10.2. The molecule has 0 aliphatic carbocycles. The van der Waals surface area contributed by atoms with Crippen molar-refractivity contribution in [2.24, 2.45) is 0 Å². The maximum Gasteiger partial charge on any atom is 0.256 e. The molecule has 0 bridgehead atoms. The van der Waals surface area contributed by atoms with Gasteiger partial charge in [-0.2, -0.15) is 0 Å². The van der Waals surface area contributed by atoms with Gasteiger partial charge in [-0.3, -0.25) is 19.6 Å². The number of amides is 2. The molecule has 0 fully saturated rings. The molecule has 0 aliphatic rings. The summed E-state index contributed by atoms with van der Waals surface area (Å²) in [5.74, 6) is 1.06. The molecule has 2 heterocycles. The third-order valence-corrected chi connectivity index (χ3v) is 7.15. The van der Waals surface area contributed by atoms with Gasteiger partial charge in [0.2, 0.25) is 0 Å². The summed E-state index contributed by atoms with van der Waals surface area (Å²) in [6, 6.07) is 9.70. The van der Waals surface area contributed by atoms with Gasteiger partial charge in [-0.15, -0.1) is 0 Å². The first-order chi connectivity index (χ1) is 20.0. The summed E-state index contributed by atoms with van der Waals surface area (Å²) in [6.45, 7) is 4.67. The van der Waals surface area contributed by atoms with Crippen LogP contribution in [0.1, 0.15) is 34.6 Å². The number of benzene rings is 2. The second kappa shape index (κ2) is 15.6. The van der Waals surface area contributed by atoms with Crippen molar-refractivity contribution >= 4 is 78.3 Å². The van der Waals surface area contributed by atoms with E-state index in [1.165, 1.54) is 24.8 Å². The number of nitrogens with one attached hydrogen (secondary N) is 2. The Hall–Kier alpha value is -3.58. The van der Waals surface area contributed by atoms with Crippen LogP contribution in [0, 0.1) is 0 Å². The van der Waals surface area contributed by atoms with E-state index in [2.05, 4.69) is 52.5 Å². The third-order valence-electron chi connectivity index (χ3n) is 5.19. The van der Waals surface area contributed by atoms with E-state index in [1.54, 1.807) is 36.4 Å². The second-order valence-electron chi connectivity index (χ2n) is 8.31. The molecule has 42 heavy (non-hydrogen) atoms. The number of nitrogen functional groups attached to an aromatic ring is 2. The maximum atomic E-state index is 12.2. The Kier molecular flexibility index (Phi) is 12.2. The number of rotatable bonds is 8. The van der Waals surface area contributed by atoms with Crippen LogP contribution in [0.15, 0.2) is 70.1 Å². The zero-order chi connectivity index (χ0) is 30.8. The summed E-state index contributed by atoms with van der Waals surface area (Å²) < 4.78 is 12.5. The first kappa shape index (κ1) is 32.9. The van der Waals surface area contributed by atoms with Crippen molar-refractivity contribution in [2.75, 3.05) is 24.6 Å². The average molecular weight is 741 g/mol. The van der Waals surface area contributed by atoms with Crippen molar-refractivity contribution in [1.29, 1.82) is 0 Å². The number of nitrogens with two attached hydrogens (primary N) is 2. The lowest BCUT2D eigenvalue weighted by Crippen LogP contribution is -2.24. The molecule has 0 saturated heterocycles. The molecule has 2 amide bonds. The molecule has 2 aromatic heterocycles. The van der Waals surface area contributed by atoms with E-state index in [9.17, 15) is 9.59 Å². The molecule has 220 valence electrons. The number of hydrogen-bond donors (Lipinski definition) is 4. The summed E-state index contributed by atoms with van der Waals surface area (Å²) in [6.07, 6.45) is 6.02. The summed E-state index contributed by atoms with van der Waals surface area (Å²) in [5, 5.41) is 6.33. The van der Waals surface area contributed by atoms with Crippen molar-refractivity contribution in [3.05, 3.63) is 91.3 Å². The standard InChI is InChI=1S/2C14H13BrClN3O2/c1-2-19-14(20)10-4-12(17)11(15)5-13(10)21-9-3-8(16)6-18-7-9;1-2-19-14(20)12-11(4-3-10(17)13(12)15)21-9-5-8(16)6-18-7-9/h2*3-7H,2,17H2,1H3,(H,19,20). The van der Waals surface area contributed by atoms with Crippen LogP contribution < -0.4 is 31.6 Å². The minimum Gasteiger partial charge on any atom is -0.455 e. The van der Waals surface area contributed by atoms with E-state index in [0.717, 1.165) is 0 Å². The number of ether oxygens (including phenoxy) is 2. The molecule has 10 nitrogen and oxygen atoms in total. The van der Waals surface area contributed by atoms with E-state index in [0.29, 0.717) is 77.6 Å². The molecule has 4 aromatic rings. The van der Waals surface area contributed by atoms with Crippen molar-refractivity contribution in [3.8, 4) is 23.0 Å². The predicted molar refractivity (Wildman–Crippen MR) is 172 cm³/mol. The van der Waals surface area contributed by atoms with Crippen LogP contribution in [0.25, 0.3) is 0 Å². The summed E-state index contributed by atoms with van der Waals surface area (Å²) >= 11 is 18.4. The van der Waals surface area contributed by atoms with E-state index in [-0.39, 0.29) is 11.8 Å². The number of carbonyl (C=O) groups is 2. The van der Waals surface area contributed by atoms with Gasteiger partial charge in [-0.25, -0.2) is 0 Å². The van der Waals surface area contributed by atoms with Gasteiger partial charge in [0.15, 0.2) is 0 Å². The molecule has 0 saturated carbocycles. The fourth-order valence-electron chi connectivity index (χ4n) is 3.36. The van der Waals surface area contributed by atoms with Gasteiger partial charge in [-0.05, 0) is 70.0 Å². The molecule has 2 aromatic carbocycles. The largest absolute Gasteiger partial charge is 0.455 e. The number of pyridine rings is 2. The molecular formula is C28H26Br2Cl2N6O4. The highest BCUT2D eigenvalue weighted by molar-refractivity contribution is 9.11.